The maximum absolute atomic E-state index is 10.7. The number of aromatic amines is 1. The van der Waals surface area contributed by atoms with Gasteiger partial charge >= 0.3 is 5.69 Å². The van der Waals surface area contributed by atoms with Crippen LogP contribution in [-0.2, 0) is 0 Å². The summed E-state index contributed by atoms with van der Waals surface area (Å²) >= 11 is 0. The van der Waals surface area contributed by atoms with Crippen LogP contribution in [0.2, 0.25) is 0 Å². The second kappa shape index (κ2) is 5.96. The molecule has 0 radical (unpaired) electrons. The van der Waals surface area contributed by atoms with Crippen molar-refractivity contribution in [3.8, 4) is 0 Å². The van der Waals surface area contributed by atoms with Crippen molar-refractivity contribution < 1.29 is 0 Å². The molecule has 0 aliphatic rings. The fraction of sp³-hybridized carbons (Fsp3) is 0. The third-order valence-corrected chi connectivity index (χ3v) is 3.07. The predicted octanol–water partition coefficient (Wildman–Crippen LogP) is 3.16. The Morgan fingerprint density at radius 3 is 2.29 bits per heavy atom. The summed E-state index contributed by atoms with van der Waals surface area (Å²) in [6, 6.07) is 17.7. The number of hydrogen-bond acceptors (Lipinski definition) is 3. The van der Waals surface area contributed by atoms with E-state index < -0.39 is 0 Å². The number of H-pyrrole nitrogens is 1. The van der Waals surface area contributed by atoms with E-state index in [0.717, 1.165) is 10.9 Å². The van der Waals surface area contributed by atoms with Crippen molar-refractivity contribution in [2.24, 2.45) is 0 Å². The molecule has 102 valence electrons. The third kappa shape index (κ3) is 3.12. The predicted molar refractivity (Wildman–Crippen MR) is 84.1 cm³/mol. The van der Waals surface area contributed by atoms with E-state index in [0.29, 0.717) is 0 Å². The molecule has 2 heterocycles. The van der Waals surface area contributed by atoms with E-state index in [1.165, 1.54) is 10.8 Å². The fourth-order valence-electron chi connectivity index (χ4n) is 2.03. The lowest BCUT2D eigenvalue weighted by molar-refractivity contribution is 1.12. The highest BCUT2D eigenvalue weighted by atomic mass is 16.1. The first kappa shape index (κ1) is 13.0. The standard InChI is InChI=1S/C9H7N.C8H6N2O/c1-2-4-9-7-10-6-5-8(9)3-1;11-8-9-5-6-3-1-2-4-7(6)10-8/h1-7H;1-5H,(H,9,10,11). The van der Waals surface area contributed by atoms with Crippen LogP contribution in [0, 0.1) is 0 Å². The topological polar surface area (TPSA) is 58.6 Å². The lowest BCUT2D eigenvalue weighted by Gasteiger charge is -1.92. The molecule has 0 amide bonds. The average Bonchev–Trinajstić information content (AvgIpc) is 2.55. The first-order valence-electron chi connectivity index (χ1n) is 6.56. The summed E-state index contributed by atoms with van der Waals surface area (Å²) in [4.78, 5) is 20.9. The first-order chi connectivity index (χ1) is 10.3. The smallest absolute Gasteiger partial charge is 0.305 e. The van der Waals surface area contributed by atoms with E-state index in [9.17, 15) is 4.79 Å². The molecular weight excluding hydrogens is 262 g/mol. The van der Waals surface area contributed by atoms with Crippen molar-refractivity contribution in [3.63, 3.8) is 0 Å². The Balaban J connectivity index is 0.000000126. The van der Waals surface area contributed by atoms with E-state index in [1.54, 1.807) is 6.20 Å². The molecule has 2 aromatic heterocycles. The third-order valence-electron chi connectivity index (χ3n) is 3.07. The van der Waals surface area contributed by atoms with Crippen LogP contribution in [0.3, 0.4) is 0 Å². The van der Waals surface area contributed by atoms with Gasteiger partial charge in [0.25, 0.3) is 0 Å². The maximum Gasteiger partial charge on any atom is 0.345 e. The minimum atomic E-state index is -0.302. The molecule has 0 saturated heterocycles. The molecule has 0 saturated carbocycles. The Kier molecular flexibility index (Phi) is 3.69. The molecule has 4 heteroatoms. The van der Waals surface area contributed by atoms with Gasteiger partial charge in [-0.15, -0.1) is 0 Å². The highest BCUT2D eigenvalue weighted by Gasteiger charge is 1.90. The highest BCUT2D eigenvalue weighted by Crippen LogP contribution is 2.09. The summed E-state index contributed by atoms with van der Waals surface area (Å²) in [5, 5.41) is 3.40. The fourth-order valence-corrected chi connectivity index (χ4v) is 2.03. The Labute approximate surface area is 121 Å². The minimum Gasteiger partial charge on any atom is -0.305 e. The molecule has 0 atom stereocenters. The van der Waals surface area contributed by atoms with Gasteiger partial charge < -0.3 is 4.98 Å². The van der Waals surface area contributed by atoms with Gasteiger partial charge in [0, 0.05) is 24.0 Å². The zero-order valence-corrected chi connectivity index (χ0v) is 11.2. The Morgan fingerprint density at radius 1 is 0.762 bits per heavy atom. The molecule has 0 bridgehead atoms. The largest absolute Gasteiger partial charge is 0.345 e. The van der Waals surface area contributed by atoms with Crippen LogP contribution in [0.1, 0.15) is 0 Å². The molecule has 0 unspecified atom stereocenters. The summed E-state index contributed by atoms with van der Waals surface area (Å²) in [5.41, 5.74) is 0.524. The number of nitrogens with zero attached hydrogens (tertiary/aromatic N) is 2. The molecule has 4 rings (SSSR count). The van der Waals surface area contributed by atoms with E-state index in [4.69, 9.17) is 0 Å². The van der Waals surface area contributed by atoms with Crippen LogP contribution in [-0.4, -0.2) is 15.0 Å². The lowest BCUT2D eigenvalue weighted by atomic mass is 10.2. The number of rotatable bonds is 0. The summed E-state index contributed by atoms with van der Waals surface area (Å²) in [6.07, 6.45) is 5.24. The zero-order valence-electron chi connectivity index (χ0n) is 11.2. The van der Waals surface area contributed by atoms with E-state index in [1.807, 2.05) is 54.9 Å². The molecule has 2 aromatic carbocycles. The van der Waals surface area contributed by atoms with Gasteiger partial charge in [-0.2, -0.15) is 0 Å². The van der Waals surface area contributed by atoms with Crippen molar-refractivity contribution in [2.45, 2.75) is 0 Å². The van der Waals surface area contributed by atoms with E-state index in [2.05, 4.69) is 27.1 Å². The summed E-state index contributed by atoms with van der Waals surface area (Å²) in [5.74, 6) is 0. The van der Waals surface area contributed by atoms with Gasteiger partial charge in [-0.05, 0) is 22.9 Å². The van der Waals surface area contributed by atoms with Gasteiger partial charge in [-0.3, -0.25) is 4.98 Å². The number of aromatic nitrogens is 3. The number of fused-ring (bicyclic) bond motifs is 2. The van der Waals surface area contributed by atoms with Crippen LogP contribution in [0.25, 0.3) is 21.7 Å². The number of hydrogen-bond donors (Lipinski definition) is 1. The molecule has 4 nitrogen and oxygen atoms in total. The van der Waals surface area contributed by atoms with Crippen LogP contribution in [0.4, 0.5) is 0 Å². The van der Waals surface area contributed by atoms with Crippen molar-refractivity contribution >= 4 is 21.7 Å². The zero-order chi connectivity index (χ0) is 14.5. The molecule has 0 fully saturated rings. The van der Waals surface area contributed by atoms with Crippen LogP contribution in [0.5, 0.6) is 0 Å². The number of pyridine rings is 1. The maximum atomic E-state index is 10.7. The van der Waals surface area contributed by atoms with Crippen molar-refractivity contribution in [1.29, 1.82) is 0 Å². The molecule has 4 aromatic rings. The van der Waals surface area contributed by atoms with Gasteiger partial charge in [-0.25, -0.2) is 9.78 Å². The van der Waals surface area contributed by atoms with Gasteiger partial charge in [0.1, 0.15) is 0 Å². The molecule has 0 aliphatic heterocycles. The molecule has 0 aliphatic carbocycles. The van der Waals surface area contributed by atoms with E-state index >= 15 is 0 Å². The highest BCUT2D eigenvalue weighted by molar-refractivity contribution is 5.81. The van der Waals surface area contributed by atoms with Crippen molar-refractivity contribution in [2.75, 3.05) is 0 Å². The van der Waals surface area contributed by atoms with E-state index in [-0.39, 0.29) is 5.69 Å². The molecule has 0 spiro atoms. The number of benzene rings is 2. The number of nitrogens with one attached hydrogen (secondary N) is 1. The minimum absolute atomic E-state index is 0.302. The average molecular weight is 275 g/mol. The van der Waals surface area contributed by atoms with Crippen LogP contribution >= 0.6 is 0 Å². The normalized spacial score (nSPS) is 10.1. The van der Waals surface area contributed by atoms with Gasteiger partial charge in [0.15, 0.2) is 0 Å². The Hall–Kier alpha value is -3.01. The van der Waals surface area contributed by atoms with Crippen LogP contribution < -0.4 is 5.69 Å². The second-order valence-corrected chi connectivity index (χ2v) is 4.50. The summed E-state index contributed by atoms with van der Waals surface area (Å²) in [7, 11) is 0. The molecular formula is C17H13N3O. The SMILES string of the molecule is O=c1ncc2ccccc2[nH]1.c1ccc2cnccc2c1. The number of para-hydroxylation sites is 1. The van der Waals surface area contributed by atoms with Crippen molar-refractivity contribution in [3.05, 3.63) is 83.7 Å². The van der Waals surface area contributed by atoms with Gasteiger partial charge in [0.2, 0.25) is 0 Å². The van der Waals surface area contributed by atoms with Crippen LogP contribution in [0.15, 0.2) is 78.0 Å². The van der Waals surface area contributed by atoms with Gasteiger partial charge in [-0.1, -0.05) is 42.5 Å². The van der Waals surface area contributed by atoms with Gasteiger partial charge in [0.05, 0.1) is 5.52 Å². The summed E-state index contributed by atoms with van der Waals surface area (Å²) in [6.45, 7) is 0. The lowest BCUT2D eigenvalue weighted by Crippen LogP contribution is -2.07. The molecule has 1 N–H and O–H groups in total. The quantitative estimate of drug-likeness (QED) is 0.536. The Bertz CT molecular complexity index is 866. The monoisotopic (exact) mass is 275 g/mol. The first-order valence-corrected chi connectivity index (χ1v) is 6.56. The molecule has 21 heavy (non-hydrogen) atoms. The Morgan fingerprint density at radius 2 is 1.48 bits per heavy atom. The van der Waals surface area contributed by atoms with Crippen molar-refractivity contribution in [1.82, 2.24) is 15.0 Å². The second-order valence-electron chi connectivity index (χ2n) is 4.50. The summed E-state index contributed by atoms with van der Waals surface area (Å²) < 4.78 is 0.